The molecule has 1 fully saturated rings. The molecule has 25 heavy (non-hydrogen) atoms. The van der Waals surface area contributed by atoms with Gasteiger partial charge in [0.25, 0.3) is 0 Å². The van der Waals surface area contributed by atoms with E-state index in [0.717, 1.165) is 21.3 Å². The second-order valence-corrected chi connectivity index (χ2v) is 7.17. The van der Waals surface area contributed by atoms with Crippen LogP contribution >= 0.6 is 11.3 Å². The van der Waals surface area contributed by atoms with Crippen molar-refractivity contribution in [1.29, 1.82) is 0 Å². The third-order valence-corrected chi connectivity index (χ3v) is 5.23. The maximum absolute atomic E-state index is 12.4. The van der Waals surface area contributed by atoms with Crippen LogP contribution in [-0.4, -0.2) is 41.0 Å². The average Bonchev–Trinajstić information content (AvgIpc) is 3.07. The normalized spacial score (nSPS) is 18.2. The van der Waals surface area contributed by atoms with Crippen LogP contribution in [0.15, 0.2) is 12.1 Å². The molecule has 1 saturated heterocycles. The molecule has 1 atom stereocenters. The molecule has 1 aromatic heterocycles. The smallest absolute Gasteiger partial charge is 0.333 e. The standard InChI is InChI=1S/C16H16F3N3O2S/c1-8-3-4-9(2)13-12(8)20-15(25-13)21-14(24)10-5-11(23)22(6-10)7-16(17,18)19/h3-4,10H,5-7H2,1-2H3,(H,20,21,24). The number of carbonyl (C=O) groups is 2. The number of amides is 2. The summed E-state index contributed by atoms with van der Waals surface area (Å²) in [5.41, 5.74) is 2.80. The number of benzene rings is 1. The van der Waals surface area contributed by atoms with E-state index in [1.165, 1.54) is 11.3 Å². The topological polar surface area (TPSA) is 62.3 Å². The van der Waals surface area contributed by atoms with Crippen molar-refractivity contribution in [1.82, 2.24) is 9.88 Å². The van der Waals surface area contributed by atoms with Gasteiger partial charge in [-0.3, -0.25) is 9.59 Å². The maximum atomic E-state index is 12.4. The van der Waals surface area contributed by atoms with Gasteiger partial charge >= 0.3 is 6.18 Å². The van der Waals surface area contributed by atoms with E-state index in [1.54, 1.807) is 0 Å². The summed E-state index contributed by atoms with van der Waals surface area (Å²) < 4.78 is 38.3. The van der Waals surface area contributed by atoms with Crippen LogP contribution in [0.25, 0.3) is 10.2 Å². The number of alkyl halides is 3. The molecule has 1 aliphatic rings. The van der Waals surface area contributed by atoms with Gasteiger partial charge in [-0.25, -0.2) is 4.98 Å². The van der Waals surface area contributed by atoms with Crippen LogP contribution in [0.4, 0.5) is 18.3 Å². The highest BCUT2D eigenvalue weighted by atomic mass is 32.1. The van der Waals surface area contributed by atoms with Crippen molar-refractivity contribution in [3.63, 3.8) is 0 Å². The second-order valence-electron chi connectivity index (χ2n) is 6.18. The molecule has 0 spiro atoms. The lowest BCUT2D eigenvalue weighted by molar-refractivity contribution is -0.157. The van der Waals surface area contributed by atoms with Crippen LogP contribution in [0.1, 0.15) is 17.5 Å². The van der Waals surface area contributed by atoms with Gasteiger partial charge in [0.1, 0.15) is 6.54 Å². The Labute approximate surface area is 145 Å². The Balaban J connectivity index is 1.72. The van der Waals surface area contributed by atoms with E-state index >= 15 is 0 Å². The first kappa shape index (κ1) is 17.7. The minimum Gasteiger partial charge on any atom is -0.333 e. The van der Waals surface area contributed by atoms with Gasteiger partial charge in [-0.2, -0.15) is 13.2 Å². The van der Waals surface area contributed by atoms with Crippen molar-refractivity contribution in [3.8, 4) is 0 Å². The SMILES string of the molecule is Cc1ccc(C)c2sc(NC(=O)C3CC(=O)N(CC(F)(F)F)C3)nc12. The summed E-state index contributed by atoms with van der Waals surface area (Å²) >= 11 is 1.32. The molecular weight excluding hydrogens is 355 g/mol. The number of hydrogen-bond donors (Lipinski definition) is 1. The summed E-state index contributed by atoms with van der Waals surface area (Å²) in [6.45, 7) is 2.30. The highest BCUT2D eigenvalue weighted by molar-refractivity contribution is 7.22. The number of carbonyl (C=O) groups excluding carboxylic acids is 2. The first-order chi connectivity index (χ1) is 11.6. The van der Waals surface area contributed by atoms with E-state index in [9.17, 15) is 22.8 Å². The Kier molecular flexibility index (Phi) is 4.44. The molecule has 2 heterocycles. The number of fused-ring (bicyclic) bond motifs is 1. The van der Waals surface area contributed by atoms with Gasteiger partial charge < -0.3 is 10.2 Å². The minimum absolute atomic E-state index is 0.217. The summed E-state index contributed by atoms with van der Waals surface area (Å²) in [6.07, 6.45) is -4.69. The van der Waals surface area contributed by atoms with E-state index in [2.05, 4.69) is 10.3 Å². The molecule has 3 rings (SSSR count). The molecule has 1 unspecified atom stereocenters. The van der Waals surface area contributed by atoms with Crippen LogP contribution < -0.4 is 5.32 Å². The number of thiazole rings is 1. The van der Waals surface area contributed by atoms with Gasteiger partial charge in [-0.1, -0.05) is 23.5 Å². The maximum Gasteiger partial charge on any atom is 0.406 e. The van der Waals surface area contributed by atoms with Gasteiger partial charge in [0, 0.05) is 13.0 Å². The molecule has 1 aromatic carbocycles. The summed E-state index contributed by atoms with van der Waals surface area (Å²) in [5.74, 6) is -1.94. The Morgan fingerprint density at radius 1 is 1.36 bits per heavy atom. The summed E-state index contributed by atoms with van der Waals surface area (Å²) in [4.78, 5) is 29.1. The summed E-state index contributed by atoms with van der Waals surface area (Å²) in [7, 11) is 0. The van der Waals surface area contributed by atoms with E-state index in [1.807, 2.05) is 26.0 Å². The lowest BCUT2D eigenvalue weighted by atomic mass is 10.1. The Hall–Kier alpha value is -2.16. The number of nitrogens with zero attached hydrogens (tertiary/aromatic N) is 2. The van der Waals surface area contributed by atoms with E-state index in [-0.39, 0.29) is 13.0 Å². The van der Waals surface area contributed by atoms with Crippen molar-refractivity contribution in [2.75, 3.05) is 18.4 Å². The Morgan fingerprint density at radius 3 is 2.68 bits per heavy atom. The van der Waals surface area contributed by atoms with Crippen LogP contribution in [0, 0.1) is 19.8 Å². The van der Waals surface area contributed by atoms with Gasteiger partial charge in [0.2, 0.25) is 11.8 Å². The lowest BCUT2D eigenvalue weighted by Crippen LogP contribution is -2.36. The molecule has 9 heteroatoms. The van der Waals surface area contributed by atoms with Crippen molar-refractivity contribution >= 4 is 38.5 Å². The molecule has 1 aliphatic heterocycles. The van der Waals surface area contributed by atoms with Crippen LogP contribution in [-0.2, 0) is 9.59 Å². The fourth-order valence-electron chi connectivity index (χ4n) is 2.84. The van der Waals surface area contributed by atoms with Crippen LogP contribution in [0.3, 0.4) is 0 Å². The molecule has 2 amide bonds. The number of hydrogen-bond acceptors (Lipinski definition) is 4. The van der Waals surface area contributed by atoms with E-state index in [4.69, 9.17) is 0 Å². The van der Waals surface area contributed by atoms with Crippen LogP contribution in [0.5, 0.6) is 0 Å². The molecule has 0 aliphatic carbocycles. The van der Waals surface area contributed by atoms with Gasteiger partial charge in [-0.05, 0) is 25.0 Å². The third kappa shape index (κ3) is 3.76. The Bertz CT molecular complexity index is 808. The monoisotopic (exact) mass is 371 g/mol. The zero-order valence-corrected chi connectivity index (χ0v) is 14.4. The third-order valence-electron chi connectivity index (χ3n) is 4.13. The highest BCUT2D eigenvalue weighted by Gasteiger charge is 2.40. The number of rotatable bonds is 3. The first-order valence-electron chi connectivity index (χ1n) is 7.66. The van der Waals surface area contributed by atoms with Gasteiger partial charge in [0.05, 0.1) is 16.1 Å². The second kappa shape index (κ2) is 6.29. The predicted octanol–water partition coefficient (Wildman–Crippen LogP) is 3.26. The number of anilines is 1. The molecule has 0 bridgehead atoms. The number of nitrogens with one attached hydrogen (secondary N) is 1. The number of aryl methyl sites for hydroxylation is 2. The number of aromatic nitrogens is 1. The summed E-state index contributed by atoms with van der Waals surface area (Å²) in [5, 5.41) is 3.03. The fourth-order valence-corrected chi connectivity index (χ4v) is 3.85. The van der Waals surface area contributed by atoms with Crippen molar-refractivity contribution < 1.29 is 22.8 Å². The highest BCUT2D eigenvalue weighted by Crippen LogP contribution is 2.32. The summed E-state index contributed by atoms with van der Waals surface area (Å²) in [6, 6.07) is 3.90. The van der Waals surface area contributed by atoms with Crippen LogP contribution in [0.2, 0.25) is 0 Å². The number of likely N-dealkylation sites (tertiary alicyclic amines) is 1. The van der Waals surface area contributed by atoms with E-state index in [0.29, 0.717) is 10.0 Å². The lowest BCUT2D eigenvalue weighted by Gasteiger charge is -2.18. The van der Waals surface area contributed by atoms with Crippen molar-refractivity contribution in [2.24, 2.45) is 5.92 Å². The molecule has 134 valence electrons. The fraction of sp³-hybridized carbons (Fsp3) is 0.438. The zero-order chi connectivity index (χ0) is 18.4. The van der Waals surface area contributed by atoms with Crippen molar-refractivity contribution in [2.45, 2.75) is 26.4 Å². The molecule has 2 aromatic rings. The predicted molar refractivity (Wildman–Crippen MR) is 88.5 cm³/mol. The Morgan fingerprint density at radius 2 is 2.04 bits per heavy atom. The zero-order valence-electron chi connectivity index (χ0n) is 13.6. The quantitative estimate of drug-likeness (QED) is 0.901. The molecule has 1 N–H and O–H groups in total. The average molecular weight is 371 g/mol. The van der Waals surface area contributed by atoms with E-state index < -0.39 is 30.5 Å². The van der Waals surface area contributed by atoms with Gasteiger partial charge in [-0.15, -0.1) is 0 Å². The van der Waals surface area contributed by atoms with Crippen molar-refractivity contribution in [3.05, 3.63) is 23.3 Å². The first-order valence-corrected chi connectivity index (χ1v) is 8.48. The molecule has 5 nitrogen and oxygen atoms in total. The molecular formula is C16H16F3N3O2S. The molecule has 0 radical (unpaired) electrons. The number of halogens is 3. The minimum atomic E-state index is -4.47. The largest absolute Gasteiger partial charge is 0.406 e. The molecule has 0 saturated carbocycles. The van der Waals surface area contributed by atoms with Gasteiger partial charge in [0.15, 0.2) is 5.13 Å².